The average Bonchev–Trinajstić information content (AvgIpc) is 3.23. The van der Waals surface area contributed by atoms with E-state index in [4.69, 9.17) is 0 Å². The second-order valence-corrected chi connectivity index (χ2v) is 5.56. The van der Waals surface area contributed by atoms with Gasteiger partial charge in [0.15, 0.2) is 5.65 Å². The smallest absolute Gasteiger partial charge is 0.274 e. The first-order valence-electron chi connectivity index (χ1n) is 7.61. The third-order valence-electron chi connectivity index (χ3n) is 3.79. The van der Waals surface area contributed by atoms with Gasteiger partial charge in [0.05, 0.1) is 11.9 Å². The van der Waals surface area contributed by atoms with Crippen LogP contribution in [-0.2, 0) is 0 Å². The highest BCUT2D eigenvalue weighted by Crippen LogP contribution is 2.11. The van der Waals surface area contributed by atoms with Crippen LogP contribution in [0.5, 0.6) is 0 Å². The van der Waals surface area contributed by atoms with Crippen molar-refractivity contribution in [3.05, 3.63) is 76.5 Å². The summed E-state index contributed by atoms with van der Waals surface area (Å²) >= 11 is 0. The normalized spacial score (nSPS) is 10.9. The quantitative estimate of drug-likeness (QED) is 0.597. The first-order chi connectivity index (χ1) is 12.1. The highest BCUT2D eigenvalue weighted by atomic mass is 16.2. The van der Waals surface area contributed by atoms with E-state index >= 15 is 0 Å². The first kappa shape index (κ1) is 14.9. The highest BCUT2D eigenvalue weighted by molar-refractivity contribution is 6.02. The standard InChI is InChI=1S/C17H14N6O2/c1-11-2-4-12(5-3-11)22-16(24)10-13(21-22)17(25)20-15-6-8-18-14-7-9-19-23(14)15/h2-10,21H,1H3,(H,20,25). The Bertz CT molecular complexity index is 1120. The van der Waals surface area contributed by atoms with E-state index in [9.17, 15) is 9.59 Å². The molecule has 4 rings (SSSR count). The molecule has 0 saturated heterocycles. The van der Waals surface area contributed by atoms with Gasteiger partial charge in [-0.3, -0.25) is 14.7 Å². The van der Waals surface area contributed by atoms with Gasteiger partial charge in [0.25, 0.3) is 11.5 Å². The molecule has 124 valence electrons. The molecule has 0 unspecified atom stereocenters. The molecule has 0 spiro atoms. The highest BCUT2D eigenvalue weighted by Gasteiger charge is 2.14. The van der Waals surface area contributed by atoms with Crippen molar-refractivity contribution in [1.82, 2.24) is 24.4 Å². The SMILES string of the molecule is Cc1ccc(-n2[nH]c(C(=O)Nc3ccnc4ccnn34)cc2=O)cc1. The van der Waals surface area contributed by atoms with Crippen molar-refractivity contribution in [2.24, 2.45) is 0 Å². The molecular formula is C17H14N6O2. The number of rotatable bonds is 3. The molecule has 0 aliphatic carbocycles. The van der Waals surface area contributed by atoms with Crippen LogP contribution in [-0.4, -0.2) is 30.3 Å². The molecule has 0 radical (unpaired) electrons. The number of amides is 1. The molecule has 0 aliphatic heterocycles. The van der Waals surface area contributed by atoms with Gasteiger partial charge in [-0.05, 0) is 25.1 Å². The van der Waals surface area contributed by atoms with Crippen molar-refractivity contribution in [2.75, 3.05) is 5.32 Å². The van der Waals surface area contributed by atoms with Crippen LogP contribution in [0.15, 0.2) is 59.7 Å². The molecule has 3 heterocycles. The molecule has 1 amide bonds. The molecule has 0 fully saturated rings. The van der Waals surface area contributed by atoms with Gasteiger partial charge in [-0.1, -0.05) is 17.7 Å². The Kier molecular flexibility index (Phi) is 3.42. The Morgan fingerprint density at radius 3 is 2.72 bits per heavy atom. The summed E-state index contributed by atoms with van der Waals surface area (Å²) in [5.41, 5.74) is 2.20. The van der Waals surface area contributed by atoms with E-state index < -0.39 is 5.91 Å². The molecule has 0 saturated carbocycles. The number of aryl methyl sites for hydroxylation is 1. The topological polar surface area (TPSA) is 97.1 Å². The lowest BCUT2D eigenvalue weighted by Gasteiger charge is -2.06. The predicted molar refractivity (Wildman–Crippen MR) is 92.1 cm³/mol. The minimum atomic E-state index is -0.439. The van der Waals surface area contributed by atoms with E-state index in [0.29, 0.717) is 17.2 Å². The third kappa shape index (κ3) is 2.69. The maximum absolute atomic E-state index is 12.5. The molecule has 0 atom stereocenters. The molecule has 8 nitrogen and oxygen atoms in total. The Balaban J connectivity index is 1.65. The fraction of sp³-hybridized carbons (Fsp3) is 0.0588. The van der Waals surface area contributed by atoms with Crippen LogP contribution in [0.4, 0.5) is 5.82 Å². The summed E-state index contributed by atoms with van der Waals surface area (Å²) in [7, 11) is 0. The zero-order chi connectivity index (χ0) is 17.4. The van der Waals surface area contributed by atoms with Crippen LogP contribution in [0.1, 0.15) is 16.1 Å². The summed E-state index contributed by atoms with van der Waals surface area (Å²) in [5, 5.41) is 9.66. The largest absolute Gasteiger partial charge is 0.305 e. The van der Waals surface area contributed by atoms with Crippen molar-refractivity contribution >= 4 is 17.4 Å². The Morgan fingerprint density at radius 2 is 1.92 bits per heavy atom. The number of hydrogen-bond acceptors (Lipinski definition) is 4. The van der Waals surface area contributed by atoms with Gasteiger partial charge in [-0.25, -0.2) is 9.67 Å². The Morgan fingerprint density at radius 1 is 1.12 bits per heavy atom. The lowest BCUT2D eigenvalue weighted by Crippen LogP contribution is -2.16. The summed E-state index contributed by atoms with van der Waals surface area (Å²) in [4.78, 5) is 28.8. The van der Waals surface area contributed by atoms with Crippen molar-refractivity contribution in [3.63, 3.8) is 0 Å². The monoisotopic (exact) mass is 334 g/mol. The summed E-state index contributed by atoms with van der Waals surface area (Å²) in [5.74, 6) is 0.0231. The molecular weight excluding hydrogens is 320 g/mol. The molecule has 4 aromatic rings. The van der Waals surface area contributed by atoms with Gasteiger partial charge >= 0.3 is 0 Å². The summed E-state index contributed by atoms with van der Waals surface area (Å²) < 4.78 is 2.83. The lowest BCUT2D eigenvalue weighted by molar-refractivity contribution is 0.102. The lowest BCUT2D eigenvalue weighted by atomic mass is 10.2. The van der Waals surface area contributed by atoms with E-state index in [1.807, 2.05) is 31.2 Å². The van der Waals surface area contributed by atoms with Gasteiger partial charge in [0.2, 0.25) is 0 Å². The first-order valence-corrected chi connectivity index (χ1v) is 7.61. The van der Waals surface area contributed by atoms with Crippen LogP contribution < -0.4 is 10.9 Å². The number of benzene rings is 1. The maximum Gasteiger partial charge on any atom is 0.274 e. The molecule has 1 aromatic carbocycles. The van der Waals surface area contributed by atoms with Crippen molar-refractivity contribution in [2.45, 2.75) is 6.92 Å². The minimum Gasteiger partial charge on any atom is -0.305 e. The Hall–Kier alpha value is -3.68. The van der Waals surface area contributed by atoms with E-state index in [1.165, 1.54) is 15.3 Å². The van der Waals surface area contributed by atoms with Crippen LogP contribution in [0, 0.1) is 6.92 Å². The molecule has 0 aliphatic rings. The zero-order valence-electron chi connectivity index (χ0n) is 13.3. The molecule has 2 N–H and O–H groups in total. The summed E-state index contributed by atoms with van der Waals surface area (Å²) in [6.07, 6.45) is 3.17. The van der Waals surface area contributed by atoms with E-state index in [0.717, 1.165) is 5.56 Å². The number of H-pyrrole nitrogens is 1. The minimum absolute atomic E-state index is 0.155. The third-order valence-corrected chi connectivity index (χ3v) is 3.79. The fourth-order valence-electron chi connectivity index (χ4n) is 2.51. The summed E-state index contributed by atoms with van der Waals surface area (Å²) in [6, 6.07) is 12.0. The van der Waals surface area contributed by atoms with E-state index in [2.05, 4.69) is 20.5 Å². The Labute approximate surface area is 141 Å². The van der Waals surface area contributed by atoms with Crippen LogP contribution in [0.2, 0.25) is 0 Å². The number of carbonyl (C=O) groups excluding carboxylic acids is 1. The van der Waals surface area contributed by atoms with Crippen LogP contribution in [0.25, 0.3) is 11.3 Å². The molecule has 3 aromatic heterocycles. The number of nitrogens with one attached hydrogen (secondary N) is 2. The number of anilines is 1. The van der Waals surface area contributed by atoms with Gasteiger partial charge < -0.3 is 5.32 Å². The number of hydrogen-bond donors (Lipinski definition) is 2. The summed E-state index contributed by atoms with van der Waals surface area (Å²) in [6.45, 7) is 1.96. The predicted octanol–water partition coefficient (Wildman–Crippen LogP) is 1.77. The number of carbonyl (C=O) groups is 1. The number of fused-ring (bicyclic) bond motifs is 1. The second kappa shape index (κ2) is 5.75. The van der Waals surface area contributed by atoms with E-state index in [1.54, 1.807) is 24.5 Å². The number of aromatic amines is 1. The fourth-order valence-corrected chi connectivity index (χ4v) is 2.51. The second-order valence-electron chi connectivity index (χ2n) is 5.56. The van der Waals surface area contributed by atoms with Crippen LogP contribution in [0.3, 0.4) is 0 Å². The number of aromatic nitrogens is 5. The van der Waals surface area contributed by atoms with Gasteiger partial charge in [0, 0.05) is 18.3 Å². The zero-order valence-corrected chi connectivity index (χ0v) is 13.3. The van der Waals surface area contributed by atoms with Gasteiger partial charge in [0.1, 0.15) is 11.5 Å². The molecule has 25 heavy (non-hydrogen) atoms. The van der Waals surface area contributed by atoms with Crippen LogP contribution >= 0.6 is 0 Å². The van der Waals surface area contributed by atoms with Crippen molar-refractivity contribution < 1.29 is 4.79 Å². The van der Waals surface area contributed by atoms with Crippen molar-refractivity contribution in [1.29, 1.82) is 0 Å². The average molecular weight is 334 g/mol. The molecule has 8 heteroatoms. The maximum atomic E-state index is 12.5. The van der Waals surface area contributed by atoms with Crippen molar-refractivity contribution in [3.8, 4) is 5.69 Å². The van der Waals surface area contributed by atoms with E-state index in [-0.39, 0.29) is 11.3 Å². The molecule has 0 bridgehead atoms. The number of nitrogens with zero attached hydrogens (tertiary/aromatic N) is 4. The van der Waals surface area contributed by atoms with Gasteiger partial charge in [-0.15, -0.1) is 0 Å². The van der Waals surface area contributed by atoms with Gasteiger partial charge in [-0.2, -0.15) is 9.61 Å².